The fourth-order valence-corrected chi connectivity index (χ4v) is 5.12. The van der Waals surface area contributed by atoms with E-state index in [1.165, 1.54) is 27.8 Å². The second-order valence-electron chi connectivity index (χ2n) is 9.38. The van der Waals surface area contributed by atoms with E-state index in [1.54, 1.807) is 0 Å². The van der Waals surface area contributed by atoms with Gasteiger partial charge in [0.2, 0.25) is 0 Å². The van der Waals surface area contributed by atoms with Crippen molar-refractivity contribution in [3.05, 3.63) is 69.3 Å². The van der Waals surface area contributed by atoms with Crippen LogP contribution in [0.15, 0.2) is 30.3 Å². The van der Waals surface area contributed by atoms with E-state index < -0.39 is 37.1 Å². The molecule has 0 amide bonds. The van der Waals surface area contributed by atoms with Crippen LogP contribution in [0, 0.1) is 6.92 Å². The largest absolute Gasteiger partial charge is 0.394 e. The normalized spacial score (nSPS) is 28.2. The van der Waals surface area contributed by atoms with Crippen molar-refractivity contribution in [3.8, 4) is 0 Å². The van der Waals surface area contributed by atoms with Crippen molar-refractivity contribution in [1.82, 2.24) is 0 Å². The minimum atomic E-state index is -1.37. The second-order valence-corrected chi connectivity index (χ2v) is 9.38. The molecule has 5 atom stereocenters. The summed E-state index contributed by atoms with van der Waals surface area (Å²) in [6.45, 7) is 6.01. The molecule has 0 bridgehead atoms. The molecule has 2 aliphatic rings. The van der Waals surface area contributed by atoms with E-state index in [-0.39, 0.29) is 0 Å². The number of ether oxygens (including phenoxy) is 1. The van der Waals surface area contributed by atoms with Gasteiger partial charge in [-0.05, 0) is 77.5 Å². The first-order chi connectivity index (χ1) is 14.8. The van der Waals surface area contributed by atoms with Gasteiger partial charge in [-0.3, -0.25) is 0 Å². The summed E-state index contributed by atoms with van der Waals surface area (Å²) in [6, 6.07) is 10.8. The van der Waals surface area contributed by atoms with E-state index in [0.717, 1.165) is 36.8 Å². The SMILES string of the molecule is Cc1c(C2O[C@H](CO)[C@H](O)[C@H](O)[C@@H]2O)cc(Cc2ccc(C(C)C)cc2)c2c1CCC2. The van der Waals surface area contributed by atoms with Gasteiger partial charge in [0.15, 0.2) is 0 Å². The van der Waals surface area contributed by atoms with E-state index in [1.807, 2.05) is 6.92 Å². The zero-order chi connectivity index (χ0) is 22.3. The Bertz CT molecular complexity index is 918. The molecule has 1 saturated heterocycles. The highest BCUT2D eigenvalue weighted by Gasteiger charge is 2.44. The average Bonchev–Trinajstić information content (AvgIpc) is 3.26. The predicted molar refractivity (Wildman–Crippen MR) is 119 cm³/mol. The summed E-state index contributed by atoms with van der Waals surface area (Å²) in [5.41, 5.74) is 8.40. The zero-order valence-corrected chi connectivity index (χ0v) is 18.6. The quantitative estimate of drug-likeness (QED) is 0.590. The van der Waals surface area contributed by atoms with Crippen molar-refractivity contribution in [2.75, 3.05) is 6.61 Å². The fraction of sp³-hybridized carbons (Fsp3) is 0.538. The summed E-state index contributed by atoms with van der Waals surface area (Å²) in [4.78, 5) is 0. The van der Waals surface area contributed by atoms with Gasteiger partial charge in [-0.15, -0.1) is 0 Å². The van der Waals surface area contributed by atoms with Gasteiger partial charge in [0.05, 0.1) is 6.61 Å². The van der Waals surface area contributed by atoms with Crippen LogP contribution in [0.1, 0.15) is 71.2 Å². The highest BCUT2D eigenvalue weighted by atomic mass is 16.5. The molecule has 0 spiro atoms. The first kappa shape index (κ1) is 22.4. The van der Waals surface area contributed by atoms with Crippen molar-refractivity contribution in [2.24, 2.45) is 0 Å². The van der Waals surface area contributed by atoms with Crippen LogP contribution >= 0.6 is 0 Å². The molecule has 0 aromatic heterocycles. The Labute approximate surface area is 184 Å². The Morgan fingerprint density at radius 3 is 2.29 bits per heavy atom. The fourth-order valence-electron chi connectivity index (χ4n) is 5.12. The topological polar surface area (TPSA) is 90.2 Å². The molecular weight excluding hydrogens is 392 g/mol. The standard InChI is InChI=1S/C26H34O5/c1-14(2)17-9-7-16(8-10-17)11-18-12-21(15(3)19-5-4-6-20(18)19)26-25(30)24(29)23(28)22(13-27)31-26/h7-10,12,14,22-30H,4-6,11,13H2,1-3H3/t22-,23+,24+,25+,26?/m1/s1. The number of aliphatic hydroxyl groups is 4. The number of rotatable bonds is 5. The van der Waals surface area contributed by atoms with Crippen molar-refractivity contribution in [3.63, 3.8) is 0 Å². The van der Waals surface area contributed by atoms with Crippen molar-refractivity contribution in [2.45, 2.75) is 82.9 Å². The van der Waals surface area contributed by atoms with Crippen LogP contribution in [-0.2, 0) is 24.0 Å². The lowest BCUT2D eigenvalue weighted by Gasteiger charge is -2.41. The second kappa shape index (κ2) is 9.00. The van der Waals surface area contributed by atoms with E-state index in [9.17, 15) is 20.4 Å². The van der Waals surface area contributed by atoms with E-state index >= 15 is 0 Å². The molecule has 1 aliphatic carbocycles. The molecule has 4 rings (SSSR count). The Kier molecular flexibility index (Phi) is 6.52. The molecule has 1 fully saturated rings. The third kappa shape index (κ3) is 4.18. The molecule has 0 saturated carbocycles. The highest BCUT2D eigenvalue weighted by Crippen LogP contribution is 2.39. The Balaban J connectivity index is 1.71. The lowest BCUT2D eigenvalue weighted by molar-refractivity contribution is -0.231. The minimum Gasteiger partial charge on any atom is -0.394 e. The van der Waals surface area contributed by atoms with Crippen LogP contribution in [0.4, 0.5) is 0 Å². The van der Waals surface area contributed by atoms with Gasteiger partial charge < -0.3 is 25.2 Å². The molecule has 2 aromatic carbocycles. The molecule has 31 heavy (non-hydrogen) atoms. The van der Waals surface area contributed by atoms with Crippen molar-refractivity contribution < 1.29 is 25.2 Å². The third-order valence-electron chi connectivity index (χ3n) is 7.06. The molecule has 4 N–H and O–H groups in total. The van der Waals surface area contributed by atoms with Crippen LogP contribution in [0.2, 0.25) is 0 Å². The number of hydrogen-bond acceptors (Lipinski definition) is 5. The Hall–Kier alpha value is -1.76. The predicted octanol–water partition coefficient (Wildman–Crippen LogP) is 2.71. The van der Waals surface area contributed by atoms with Gasteiger partial charge in [-0.1, -0.05) is 44.2 Å². The van der Waals surface area contributed by atoms with Gasteiger partial charge >= 0.3 is 0 Å². The molecule has 168 valence electrons. The van der Waals surface area contributed by atoms with Gasteiger partial charge in [0.1, 0.15) is 30.5 Å². The molecule has 2 aromatic rings. The van der Waals surface area contributed by atoms with E-state index in [4.69, 9.17) is 4.74 Å². The number of benzene rings is 2. The molecular formula is C26H34O5. The lowest BCUT2D eigenvalue weighted by Crippen LogP contribution is -2.55. The Morgan fingerprint density at radius 2 is 1.65 bits per heavy atom. The van der Waals surface area contributed by atoms with Crippen molar-refractivity contribution >= 4 is 0 Å². The minimum absolute atomic E-state index is 0.416. The smallest absolute Gasteiger partial charge is 0.113 e. The molecule has 0 radical (unpaired) electrons. The summed E-state index contributed by atoms with van der Waals surface area (Å²) in [5, 5.41) is 40.7. The maximum atomic E-state index is 10.7. The van der Waals surface area contributed by atoms with E-state index in [2.05, 4.69) is 44.2 Å². The summed E-state index contributed by atoms with van der Waals surface area (Å²) in [5.74, 6) is 0.496. The molecule has 5 heteroatoms. The summed E-state index contributed by atoms with van der Waals surface area (Å²) < 4.78 is 5.89. The van der Waals surface area contributed by atoms with Crippen LogP contribution in [0.5, 0.6) is 0 Å². The Morgan fingerprint density at radius 1 is 0.968 bits per heavy atom. The first-order valence-corrected chi connectivity index (χ1v) is 11.3. The monoisotopic (exact) mass is 426 g/mol. The third-order valence-corrected chi connectivity index (χ3v) is 7.06. The van der Waals surface area contributed by atoms with Crippen LogP contribution in [-0.4, -0.2) is 51.4 Å². The number of hydrogen-bond donors (Lipinski definition) is 4. The van der Waals surface area contributed by atoms with Crippen LogP contribution < -0.4 is 0 Å². The highest BCUT2D eigenvalue weighted by molar-refractivity contribution is 5.50. The zero-order valence-electron chi connectivity index (χ0n) is 18.6. The average molecular weight is 427 g/mol. The van der Waals surface area contributed by atoms with Gasteiger partial charge in [0.25, 0.3) is 0 Å². The first-order valence-electron chi connectivity index (χ1n) is 11.3. The van der Waals surface area contributed by atoms with Crippen LogP contribution in [0.25, 0.3) is 0 Å². The molecule has 1 unspecified atom stereocenters. The summed E-state index contributed by atoms with van der Waals surface area (Å²) >= 11 is 0. The molecule has 1 aliphatic heterocycles. The number of fused-ring (bicyclic) bond motifs is 1. The summed E-state index contributed by atoms with van der Waals surface area (Å²) in [7, 11) is 0. The maximum absolute atomic E-state index is 10.7. The van der Waals surface area contributed by atoms with E-state index in [0.29, 0.717) is 5.92 Å². The van der Waals surface area contributed by atoms with Crippen molar-refractivity contribution in [1.29, 1.82) is 0 Å². The maximum Gasteiger partial charge on any atom is 0.113 e. The lowest BCUT2D eigenvalue weighted by atomic mass is 9.84. The molecule has 5 nitrogen and oxygen atoms in total. The van der Waals surface area contributed by atoms with Gasteiger partial charge in [-0.25, -0.2) is 0 Å². The number of aliphatic hydroxyl groups excluding tert-OH is 4. The summed E-state index contributed by atoms with van der Waals surface area (Å²) in [6.07, 6.45) is -1.71. The molecule has 1 heterocycles. The van der Waals surface area contributed by atoms with Gasteiger partial charge in [-0.2, -0.15) is 0 Å². The van der Waals surface area contributed by atoms with Gasteiger partial charge in [0, 0.05) is 0 Å². The van der Waals surface area contributed by atoms with Crippen LogP contribution in [0.3, 0.4) is 0 Å².